The molecule has 134 valence electrons. The fraction of sp³-hybridized carbons (Fsp3) is 0.188. The van der Waals surface area contributed by atoms with E-state index in [1.165, 1.54) is 17.8 Å². The summed E-state index contributed by atoms with van der Waals surface area (Å²) >= 11 is 1.13. The van der Waals surface area contributed by atoms with E-state index in [9.17, 15) is 14.4 Å². The lowest BCUT2D eigenvalue weighted by Crippen LogP contribution is -2.22. The van der Waals surface area contributed by atoms with Crippen LogP contribution in [0.5, 0.6) is 0 Å². The average molecular weight is 374 g/mol. The third kappa shape index (κ3) is 3.40. The number of rotatable bonds is 5. The molecule has 3 aromatic heterocycles. The summed E-state index contributed by atoms with van der Waals surface area (Å²) in [6.45, 7) is 1.14. The van der Waals surface area contributed by atoms with E-state index in [2.05, 4.69) is 20.1 Å². The van der Waals surface area contributed by atoms with Gasteiger partial charge in [0.15, 0.2) is 12.3 Å². The monoisotopic (exact) mass is 374 g/mol. The van der Waals surface area contributed by atoms with Crippen LogP contribution in [-0.4, -0.2) is 46.2 Å². The van der Waals surface area contributed by atoms with Gasteiger partial charge in [-0.1, -0.05) is 0 Å². The number of esters is 2. The molecule has 0 aromatic carbocycles. The molecule has 0 atom stereocenters. The molecule has 0 radical (unpaired) electrons. The van der Waals surface area contributed by atoms with Crippen molar-refractivity contribution in [1.82, 2.24) is 14.6 Å². The number of nitrogens with zero attached hydrogens (tertiary/aromatic N) is 3. The summed E-state index contributed by atoms with van der Waals surface area (Å²) in [6.07, 6.45) is 3.19. The Hall–Kier alpha value is -3.27. The number of ether oxygens (including phenoxy) is 2. The summed E-state index contributed by atoms with van der Waals surface area (Å²) in [5.41, 5.74) is 1.29. The number of hydrogen-bond donors (Lipinski definition) is 1. The lowest BCUT2D eigenvalue weighted by atomic mass is 10.2. The molecular weight excluding hydrogens is 360 g/mol. The van der Waals surface area contributed by atoms with E-state index in [1.807, 2.05) is 0 Å². The van der Waals surface area contributed by atoms with E-state index in [4.69, 9.17) is 4.74 Å². The Bertz CT molecular complexity index is 994. The van der Waals surface area contributed by atoms with Gasteiger partial charge in [0, 0.05) is 12.4 Å². The number of amides is 1. The smallest absolute Gasteiger partial charge is 0.350 e. The lowest BCUT2D eigenvalue weighted by Gasteiger charge is -2.06. The zero-order chi connectivity index (χ0) is 18.7. The Balaban J connectivity index is 1.66. The Kier molecular flexibility index (Phi) is 4.94. The van der Waals surface area contributed by atoms with Gasteiger partial charge in [-0.05, 0) is 24.4 Å². The van der Waals surface area contributed by atoms with Crippen molar-refractivity contribution in [2.75, 3.05) is 19.0 Å². The summed E-state index contributed by atoms with van der Waals surface area (Å²) in [7, 11) is 1.25. The topological polar surface area (TPSA) is 112 Å². The quantitative estimate of drug-likeness (QED) is 0.676. The zero-order valence-electron chi connectivity index (χ0n) is 13.9. The lowest BCUT2D eigenvalue weighted by molar-refractivity contribution is -0.119. The predicted octanol–water partition coefficient (Wildman–Crippen LogP) is 1.68. The van der Waals surface area contributed by atoms with Crippen LogP contribution in [0.4, 0.5) is 5.69 Å². The highest BCUT2D eigenvalue weighted by Gasteiger charge is 2.21. The van der Waals surface area contributed by atoms with Crippen LogP contribution in [-0.2, 0) is 14.3 Å². The van der Waals surface area contributed by atoms with E-state index in [1.54, 1.807) is 30.6 Å². The maximum absolute atomic E-state index is 12.3. The number of hydrogen-bond acceptors (Lipinski definition) is 8. The first kappa shape index (κ1) is 17.5. The van der Waals surface area contributed by atoms with Gasteiger partial charge in [0.1, 0.15) is 10.4 Å². The molecule has 1 amide bonds. The van der Waals surface area contributed by atoms with Crippen molar-refractivity contribution in [3.05, 3.63) is 46.0 Å². The number of carbonyl (C=O) groups excluding carboxylic acids is 3. The summed E-state index contributed by atoms with van der Waals surface area (Å²) in [4.78, 5) is 40.3. The molecule has 9 nitrogen and oxygen atoms in total. The van der Waals surface area contributed by atoms with Gasteiger partial charge >= 0.3 is 11.9 Å². The van der Waals surface area contributed by atoms with Crippen LogP contribution in [0, 0.1) is 6.92 Å². The number of fused-ring (bicyclic) bond motifs is 1. The number of thiophene rings is 1. The second-order valence-corrected chi connectivity index (χ2v) is 6.04. The molecule has 0 bridgehead atoms. The molecule has 0 spiro atoms. The van der Waals surface area contributed by atoms with E-state index in [-0.39, 0.29) is 10.4 Å². The number of anilines is 1. The molecule has 3 rings (SSSR count). The van der Waals surface area contributed by atoms with Crippen molar-refractivity contribution in [3.8, 4) is 0 Å². The van der Waals surface area contributed by atoms with Gasteiger partial charge in [-0.2, -0.15) is 5.10 Å². The molecule has 1 N–H and O–H groups in total. The number of nitrogens with one attached hydrogen (secondary N) is 1. The molecule has 10 heteroatoms. The minimum absolute atomic E-state index is 0.198. The van der Waals surface area contributed by atoms with Crippen molar-refractivity contribution in [2.24, 2.45) is 0 Å². The fourth-order valence-corrected chi connectivity index (χ4v) is 3.05. The number of aromatic nitrogens is 3. The van der Waals surface area contributed by atoms with Gasteiger partial charge in [-0.3, -0.25) is 4.79 Å². The Morgan fingerprint density at radius 2 is 2.12 bits per heavy atom. The molecule has 0 unspecified atom stereocenters. The molecule has 0 fully saturated rings. The predicted molar refractivity (Wildman–Crippen MR) is 92.3 cm³/mol. The van der Waals surface area contributed by atoms with E-state index < -0.39 is 24.5 Å². The molecule has 0 aliphatic rings. The van der Waals surface area contributed by atoms with Crippen molar-refractivity contribution in [3.63, 3.8) is 0 Å². The fourth-order valence-electron chi connectivity index (χ4n) is 2.28. The number of carbonyl (C=O) groups is 3. The minimum atomic E-state index is -0.704. The van der Waals surface area contributed by atoms with Crippen molar-refractivity contribution in [1.29, 1.82) is 0 Å². The maximum Gasteiger partial charge on any atom is 0.350 e. The molecule has 0 saturated carbocycles. The standard InChI is InChI=1S/C16H14N4O5S/c1-9-12(14-17-5-3-6-20(14)19-9)15(22)25-8-11(21)18-10-4-7-26-13(10)16(23)24-2/h3-7H,8H2,1-2H3,(H,18,21). The molecule has 0 aliphatic heterocycles. The first-order valence-electron chi connectivity index (χ1n) is 7.44. The minimum Gasteiger partial charge on any atom is -0.465 e. The highest BCUT2D eigenvalue weighted by atomic mass is 32.1. The Morgan fingerprint density at radius 3 is 2.88 bits per heavy atom. The summed E-state index contributed by atoms with van der Waals surface area (Å²) < 4.78 is 11.2. The number of aryl methyl sites for hydroxylation is 1. The van der Waals surface area contributed by atoms with Crippen LogP contribution in [0.1, 0.15) is 25.7 Å². The normalized spacial score (nSPS) is 10.5. The first-order valence-corrected chi connectivity index (χ1v) is 8.32. The summed E-state index contributed by atoms with van der Waals surface area (Å²) in [5, 5.41) is 8.32. The van der Waals surface area contributed by atoms with Crippen LogP contribution < -0.4 is 5.32 Å². The highest BCUT2D eigenvalue weighted by Crippen LogP contribution is 2.23. The van der Waals surface area contributed by atoms with E-state index in [0.29, 0.717) is 17.0 Å². The molecule has 0 saturated heterocycles. The average Bonchev–Trinajstić information content (AvgIpc) is 3.22. The summed E-state index contributed by atoms with van der Waals surface area (Å²) in [6, 6.07) is 3.25. The van der Waals surface area contributed by atoms with Gasteiger partial charge < -0.3 is 14.8 Å². The van der Waals surface area contributed by atoms with Crippen molar-refractivity contribution >= 4 is 40.5 Å². The zero-order valence-corrected chi connectivity index (χ0v) is 14.7. The summed E-state index contributed by atoms with van der Waals surface area (Å²) in [5.74, 6) is -1.84. The van der Waals surface area contributed by atoms with Crippen LogP contribution in [0.25, 0.3) is 5.65 Å². The van der Waals surface area contributed by atoms with E-state index in [0.717, 1.165) is 11.3 Å². The molecule has 3 aromatic rings. The van der Waals surface area contributed by atoms with Crippen molar-refractivity contribution < 1.29 is 23.9 Å². The van der Waals surface area contributed by atoms with E-state index >= 15 is 0 Å². The van der Waals surface area contributed by atoms with Gasteiger partial charge in [-0.25, -0.2) is 19.1 Å². The molecule has 26 heavy (non-hydrogen) atoms. The largest absolute Gasteiger partial charge is 0.465 e. The SMILES string of the molecule is COC(=O)c1sccc1NC(=O)COC(=O)c1c(C)nn2cccnc12. The first-order chi connectivity index (χ1) is 12.5. The second-order valence-electron chi connectivity index (χ2n) is 5.13. The van der Waals surface area contributed by atoms with Crippen LogP contribution in [0.2, 0.25) is 0 Å². The Labute approximate surface area is 151 Å². The van der Waals surface area contributed by atoms with Gasteiger partial charge in [-0.15, -0.1) is 11.3 Å². The molecule has 0 aliphatic carbocycles. The Morgan fingerprint density at radius 1 is 1.31 bits per heavy atom. The van der Waals surface area contributed by atoms with Crippen LogP contribution in [0.15, 0.2) is 29.9 Å². The molecule has 3 heterocycles. The number of methoxy groups -OCH3 is 1. The highest BCUT2D eigenvalue weighted by molar-refractivity contribution is 7.12. The third-order valence-corrected chi connectivity index (χ3v) is 4.31. The van der Waals surface area contributed by atoms with Crippen LogP contribution in [0.3, 0.4) is 0 Å². The molecular formula is C16H14N4O5S. The van der Waals surface area contributed by atoms with Gasteiger partial charge in [0.05, 0.1) is 18.5 Å². The van der Waals surface area contributed by atoms with Crippen molar-refractivity contribution in [2.45, 2.75) is 6.92 Å². The third-order valence-electron chi connectivity index (χ3n) is 3.42. The van der Waals surface area contributed by atoms with Gasteiger partial charge in [0.2, 0.25) is 0 Å². The van der Waals surface area contributed by atoms with Crippen LogP contribution >= 0.6 is 11.3 Å². The maximum atomic E-state index is 12.3. The van der Waals surface area contributed by atoms with Gasteiger partial charge in [0.25, 0.3) is 5.91 Å². The second kappa shape index (κ2) is 7.31.